The molecule has 2 aromatic carbocycles. The average Bonchev–Trinajstić information content (AvgIpc) is 3.05. The molecule has 1 heterocycles. The van der Waals surface area contributed by atoms with Crippen LogP contribution in [0.2, 0.25) is 19.6 Å². The molecule has 2 aromatic rings. The Morgan fingerprint density at radius 3 is 1.61 bits per heavy atom. The zero-order valence-electron chi connectivity index (χ0n) is 26.6. The third kappa shape index (κ3) is 5.59. The molecule has 1 fully saturated rings. The molecule has 3 nitrogen and oxygen atoms in total. The van der Waals surface area contributed by atoms with E-state index in [0.29, 0.717) is 0 Å². The Kier molecular flexibility index (Phi) is 8.91. The first kappa shape index (κ1) is 31.1. The number of rotatable bonds is 10. The third-order valence-corrected chi connectivity index (χ3v) is 10.5. The molecule has 0 aliphatic carbocycles. The van der Waals surface area contributed by atoms with Crippen LogP contribution >= 0.6 is 0 Å². The van der Waals surface area contributed by atoms with Gasteiger partial charge in [-0.15, -0.1) is 0 Å². The molecule has 0 spiro atoms. The Morgan fingerprint density at radius 2 is 1.21 bits per heavy atom. The standard InChI is InChI=1S/C33H53BO3Si/c1-14-32(15-2,26-18-20-28(24(5)22-26)33(16-3,17-4)37-38(11,12)13)27-19-21-29(25(6)23-27)34-35-30(7,8)31(9,10)36-34/h18-23H,14-17H2,1-13H3. The van der Waals surface area contributed by atoms with Gasteiger partial charge >= 0.3 is 7.12 Å². The summed E-state index contributed by atoms with van der Waals surface area (Å²) >= 11 is 0. The van der Waals surface area contributed by atoms with Crippen LogP contribution in [0, 0.1) is 13.8 Å². The van der Waals surface area contributed by atoms with E-state index in [0.717, 1.165) is 31.1 Å². The monoisotopic (exact) mass is 536 g/mol. The minimum Gasteiger partial charge on any atom is -0.408 e. The van der Waals surface area contributed by atoms with Gasteiger partial charge in [-0.2, -0.15) is 0 Å². The van der Waals surface area contributed by atoms with Crippen molar-refractivity contribution in [1.82, 2.24) is 0 Å². The summed E-state index contributed by atoms with van der Waals surface area (Å²) in [6.07, 6.45) is 4.05. The van der Waals surface area contributed by atoms with E-state index in [1.807, 2.05) is 0 Å². The van der Waals surface area contributed by atoms with E-state index in [1.165, 1.54) is 27.8 Å². The maximum atomic E-state index is 6.88. The molecule has 3 rings (SSSR count). The third-order valence-electron chi connectivity index (χ3n) is 9.45. The van der Waals surface area contributed by atoms with Gasteiger partial charge in [-0.3, -0.25) is 0 Å². The van der Waals surface area contributed by atoms with Crippen LogP contribution in [-0.2, 0) is 24.8 Å². The van der Waals surface area contributed by atoms with Crippen molar-refractivity contribution in [3.05, 3.63) is 64.2 Å². The van der Waals surface area contributed by atoms with Crippen LogP contribution < -0.4 is 5.46 Å². The van der Waals surface area contributed by atoms with Crippen LogP contribution in [0.4, 0.5) is 0 Å². The summed E-state index contributed by atoms with van der Waals surface area (Å²) in [7, 11) is -2.06. The number of hydrogen-bond acceptors (Lipinski definition) is 3. The molecule has 0 unspecified atom stereocenters. The molecule has 0 radical (unpaired) electrons. The normalized spacial score (nSPS) is 17.8. The lowest BCUT2D eigenvalue weighted by Gasteiger charge is -2.40. The van der Waals surface area contributed by atoms with Gasteiger partial charge in [0.15, 0.2) is 8.32 Å². The van der Waals surface area contributed by atoms with Crippen LogP contribution in [-0.4, -0.2) is 26.6 Å². The molecule has 0 saturated carbocycles. The molecule has 210 valence electrons. The summed E-state index contributed by atoms with van der Waals surface area (Å²) < 4.78 is 19.6. The Balaban J connectivity index is 2.04. The fraction of sp³-hybridized carbons (Fsp3) is 0.636. The molecular formula is C33H53BO3Si. The highest BCUT2D eigenvalue weighted by atomic mass is 28.4. The van der Waals surface area contributed by atoms with Gasteiger partial charge in [-0.25, -0.2) is 0 Å². The Labute approximate surface area is 235 Å². The average molecular weight is 537 g/mol. The minimum atomic E-state index is -1.72. The van der Waals surface area contributed by atoms with Gasteiger partial charge in [0, 0.05) is 5.41 Å². The van der Waals surface area contributed by atoms with Gasteiger partial charge in [0.1, 0.15) is 0 Å². The summed E-state index contributed by atoms with van der Waals surface area (Å²) in [4.78, 5) is 0. The molecular weight excluding hydrogens is 483 g/mol. The van der Waals surface area contributed by atoms with Crippen LogP contribution in [0.5, 0.6) is 0 Å². The Hall–Kier alpha value is -1.40. The fourth-order valence-corrected chi connectivity index (χ4v) is 7.90. The zero-order chi connectivity index (χ0) is 28.7. The van der Waals surface area contributed by atoms with Crippen molar-refractivity contribution in [2.75, 3.05) is 0 Å². The molecule has 1 aliphatic rings. The van der Waals surface area contributed by atoms with Crippen molar-refractivity contribution in [1.29, 1.82) is 0 Å². The summed E-state index contributed by atoms with van der Waals surface area (Å²) in [6, 6.07) is 14.1. The topological polar surface area (TPSA) is 27.7 Å². The first-order chi connectivity index (χ1) is 17.5. The van der Waals surface area contributed by atoms with Crippen molar-refractivity contribution >= 4 is 20.9 Å². The van der Waals surface area contributed by atoms with E-state index in [2.05, 4.69) is 125 Å². The van der Waals surface area contributed by atoms with E-state index in [4.69, 9.17) is 13.7 Å². The molecule has 38 heavy (non-hydrogen) atoms. The fourth-order valence-electron chi connectivity index (χ4n) is 6.33. The number of benzene rings is 2. The number of aryl methyl sites for hydroxylation is 2. The second kappa shape index (κ2) is 10.9. The molecule has 0 amide bonds. The maximum absolute atomic E-state index is 6.88. The van der Waals surface area contributed by atoms with Crippen molar-refractivity contribution < 1.29 is 13.7 Å². The first-order valence-corrected chi connectivity index (χ1v) is 18.2. The highest BCUT2D eigenvalue weighted by Crippen LogP contribution is 2.43. The van der Waals surface area contributed by atoms with E-state index < -0.39 is 8.32 Å². The molecule has 0 N–H and O–H groups in total. The van der Waals surface area contributed by atoms with Gasteiger partial charge in [0.05, 0.1) is 16.8 Å². The summed E-state index contributed by atoms with van der Waals surface area (Å²) in [5.41, 5.74) is 6.83. The van der Waals surface area contributed by atoms with Gasteiger partial charge < -0.3 is 13.7 Å². The zero-order valence-corrected chi connectivity index (χ0v) is 27.6. The van der Waals surface area contributed by atoms with Gasteiger partial charge in [-0.1, -0.05) is 69.7 Å². The van der Waals surface area contributed by atoms with Crippen LogP contribution in [0.3, 0.4) is 0 Å². The summed E-state index contributed by atoms with van der Waals surface area (Å²) in [5, 5.41) is 0. The lowest BCUT2D eigenvalue weighted by molar-refractivity contribution is 0.00578. The lowest BCUT2D eigenvalue weighted by Crippen LogP contribution is -2.41. The van der Waals surface area contributed by atoms with E-state index in [9.17, 15) is 0 Å². The van der Waals surface area contributed by atoms with Gasteiger partial charge in [0.25, 0.3) is 0 Å². The highest BCUT2D eigenvalue weighted by Gasteiger charge is 2.52. The van der Waals surface area contributed by atoms with E-state index in [-0.39, 0.29) is 29.3 Å². The predicted molar refractivity (Wildman–Crippen MR) is 166 cm³/mol. The van der Waals surface area contributed by atoms with Gasteiger partial charge in [0.2, 0.25) is 0 Å². The molecule has 0 aromatic heterocycles. The van der Waals surface area contributed by atoms with Crippen LogP contribution in [0.1, 0.15) is 109 Å². The maximum Gasteiger partial charge on any atom is 0.495 e. The lowest BCUT2D eigenvalue weighted by atomic mass is 9.67. The quantitative estimate of drug-likeness (QED) is 0.285. The van der Waals surface area contributed by atoms with Crippen LogP contribution in [0.25, 0.3) is 0 Å². The largest absolute Gasteiger partial charge is 0.495 e. The van der Waals surface area contributed by atoms with Gasteiger partial charge in [-0.05, 0) is 115 Å². The van der Waals surface area contributed by atoms with E-state index >= 15 is 0 Å². The Morgan fingerprint density at radius 1 is 0.737 bits per heavy atom. The van der Waals surface area contributed by atoms with Crippen LogP contribution in [0.15, 0.2) is 36.4 Å². The van der Waals surface area contributed by atoms with Crippen molar-refractivity contribution in [2.24, 2.45) is 0 Å². The smallest absolute Gasteiger partial charge is 0.408 e. The highest BCUT2D eigenvalue weighted by molar-refractivity contribution is 6.69. The Bertz CT molecular complexity index is 1110. The second-order valence-corrected chi connectivity index (χ2v) is 17.8. The molecule has 0 bridgehead atoms. The molecule has 1 aliphatic heterocycles. The molecule has 1 saturated heterocycles. The SMILES string of the molecule is CCC(CC)(O[Si](C)(C)C)c1ccc(C(CC)(CC)c2ccc(B3OC(C)(C)C(C)(C)O3)c(C)c2)cc1C. The van der Waals surface area contributed by atoms with E-state index in [1.54, 1.807) is 0 Å². The molecule has 0 atom stereocenters. The summed E-state index contributed by atoms with van der Waals surface area (Å²) in [6.45, 7) is 29.0. The summed E-state index contributed by atoms with van der Waals surface area (Å²) in [5.74, 6) is 0. The van der Waals surface area contributed by atoms with Crippen molar-refractivity contribution in [3.8, 4) is 0 Å². The minimum absolute atomic E-state index is 0.0523. The first-order valence-electron chi connectivity index (χ1n) is 14.8. The number of hydrogen-bond donors (Lipinski definition) is 0. The van der Waals surface area contributed by atoms with Crippen molar-refractivity contribution in [2.45, 2.75) is 137 Å². The second-order valence-electron chi connectivity index (χ2n) is 13.4. The molecule has 5 heteroatoms. The van der Waals surface area contributed by atoms with Crippen molar-refractivity contribution in [3.63, 3.8) is 0 Å². The predicted octanol–water partition coefficient (Wildman–Crippen LogP) is 8.58.